The Balaban J connectivity index is 2.42. The number of aromatic nitrogens is 1. The van der Waals surface area contributed by atoms with Crippen LogP contribution in [0.2, 0.25) is 0 Å². The molecule has 0 unspecified atom stereocenters. The van der Waals surface area contributed by atoms with E-state index in [0.29, 0.717) is 5.56 Å². The molecule has 0 bridgehead atoms. The monoisotopic (exact) mass is 207 g/mol. The topological polar surface area (TPSA) is 30.0 Å². The van der Waals surface area contributed by atoms with Gasteiger partial charge in [-0.05, 0) is 17.5 Å². The van der Waals surface area contributed by atoms with E-state index >= 15 is 0 Å². The lowest BCUT2D eigenvalue weighted by Gasteiger charge is -1.98. The molecule has 2 aromatic rings. The number of thiophene rings is 1. The van der Waals surface area contributed by atoms with Crippen LogP contribution in [0.25, 0.3) is 0 Å². The van der Waals surface area contributed by atoms with Crippen molar-refractivity contribution in [2.75, 3.05) is 0 Å². The van der Waals surface area contributed by atoms with Gasteiger partial charge < -0.3 is 0 Å². The average Bonchev–Trinajstić information content (AvgIpc) is 2.70. The molecule has 2 rings (SSSR count). The van der Waals surface area contributed by atoms with Crippen LogP contribution in [0.1, 0.15) is 15.9 Å². The quantitative estimate of drug-likeness (QED) is 0.708. The van der Waals surface area contributed by atoms with E-state index in [1.165, 1.54) is 23.6 Å². The van der Waals surface area contributed by atoms with E-state index in [9.17, 15) is 9.18 Å². The number of hydrogen-bond donors (Lipinski definition) is 0. The zero-order valence-electron chi connectivity index (χ0n) is 7.11. The van der Waals surface area contributed by atoms with Gasteiger partial charge in [0.25, 0.3) is 0 Å². The summed E-state index contributed by atoms with van der Waals surface area (Å²) in [5.74, 6) is -0.880. The SMILES string of the molecule is O=C(c1ccsc1)c1ccncc1F. The second-order valence-corrected chi connectivity index (χ2v) is 3.48. The molecule has 4 heteroatoms. The summed E-state index contributed by atoms with van der Waals surface area (Å²) in [6.45, 7) is 0. The molecule has 0 N–H and O–H groups in total. The molecular formula is C10H6FNOS. The van der Waals surface area contributed by atoms with Crippen LogP contribution in [0.4, 0.5) is 4.39 Å². The van der Waals surface area contributed by atoms with Gasteiger partial charge in [-0.3, -0.25) is 9.78 Å². The van der Waals surface area contributed by atoms with Crippen LogP contribution in [-0.4, -0.2) is 10.8 Å². The lowest BCUT2D eigenvalue weighted by Crippen LogP contribution is -2.02. The Morgan fingerprint density at radius 3 is 2.93 bits per heavy atom. The average molecular weight is 207 g/mol. The van der Waals surface area contributed by atoms with E-state index in [-0.39, 0.29) is 11.3 Å². The molecule has 0 aliphatic carbocycles. The maximum absolute atomic E-state index is 13.2. The van der Waals surface area contributed by atoms with Gasteiger partial charge in [0.15, 0.2) is 11.6 Å². The predicted octanol–water partition coefficient (Wildman–Crippen LogP) is 2.51. The molecule has 0 saturated heterocycles. The summed E-state index contributed by atoms with van der Waals surface area (Å²) in [5.41, 5.74) is 0.582. The van der Waals surface area contributed by atoms with Crippen LogP contribution in [0.3, 0.4) is 0 Å². The number of nitrogens with zero attached hydrogens (tertiary/aromatic N) is 1. The largest absolute Gasteiger partial charge is 0.288 e. The molecule has 0 fully saturated rings. The van der Waals surface area contributed by atoms with E-state index in [4.69, 9.17) is 0 Å². The molecule has 14 heavy (non-hydrogen) atoms. The summed E-state index contributed by atoms with van der Waals surface area (Å²) >= 11 is 1.41. The number of pyridine rings is 1. The van der Waals surface area contributed by atoms with Gasteiger partial charge >= 0.3 is 0 Å². The number of carbonyl (C=O) groups is 1. The highest BCUT2D eigenvalue weighted by molar-refractivity contribution is 7.08. The first-order valence-corrected chi connectivity index (χ1v) is 4.90. The summed E-state index contributed by atoms with van der Waals surface area (Å²) in [6, 6.07) is 3.06. The number of halogens is 1. The smallest absolute Gasteiger partial charge is 0.196 e. The van der Waals surface area contributed by atoms with Crippen molar-refractivity contribution < 1.29 is 9.18 Å². The molecule has 0 aliphatic heterocycles. The Morgan fingerprint density at radius 2 is 2.29 bits per heavy atom. The van der Waals surface area contributed by atoms with Gasteiger partial charge in [-0.2, -0.15) is 11.3 Å². The van der Waals surface area contributed by atoms with Crippen molar-refractivity contribution in [3.05, 3.63) is 52.2 Å². The van der Waals surface area contributed by atoms with Crippen molar-refractivity contribution in [1.29, 1.82) is 0 Å². The Kier molecular flexibility index (Phi) is 2.37. The third kappa shape index (κ3) is 1.56. The van der Waals surface area contributed by atoms with Gasteiger partial charge in [0.05, 0.1) is 11.8 Å². The molecule has 0 radical (unpaired) electrons. The molecule has 0 aromatic carbocycles. The molecule has 0 spiro atoms. The van der Waals surface area contributed by atoms with Crippen LogP contribution in [0.15, 0.2) is 35.3 Å². The Morgan fingerprint density at radius 1 is 1.43 bits per heavy atom. The number of rotatable bonds is 2. The molecule has 0 aliphatic rings. The van der Waals surface area contributed by atoms with Crippen molar-refractivity contribution >= 4 is 17.1 Å². The van der Waals surface area contributed by atoms with Crippen LogP contribution < -0.4 is 0 Å². The minimum absolute atomic E-state index is 0.0680. The van der Waals surface area contributed by atoms with Gasteiger partial charge in [0.2, 0.25) is 0 Å². The molecule has 0 saturated carbocycles. The zero-order valence-corrected chi connectivity index (χ0v) is 7.92. The third-order valence-corrected chi connectivity index (χ3v) is 2.48. The molecule has 2 aromatic heterocycles. The van der Waals surface area contributed by atoms with Crippen molar-refractivity contribution in [2.24, 2.45) is 0 Å². The third-order valence-electron chi connectivity index (χ3n) is 1.80. The first kappa shape index (κ1) is 9.02. The van der Waals surface area contributed by atoms with Crippen molar-refractivity contribution in [2.45, 2.75) is 0 Å². The van der Waals surface area contributed by atoms with Gasteiger partial charge in [-0.1, -0.05) is 0 Å². The fraction of sp³-hybridized carbons (Fsp3) is 0. The maximum Gasteiger partial charge on any atom is 0.196 e. The minimum Gasteiger partial charge on any atom is -0.288 e. The van der Waals surface area contributed by atoms with Crippen LogP contribution >= 0.6 is 11.3 Å². The highest BCUT2D eigenvalue weighted by atomic mass is 32.1. The minimum atomic E-state index is -0.580. The van der Waals surface area contributed by atoms with Gasteiger partial charge in [0.1, 0.15) is 0 Å². The second kappa shape index (κ2) is 3.67. The number of ketones is 1. The Hall–Kier alpha value is -1.55. The van der Waals surface area contributed by atoms with Crippen molar-refractivity contribution in [3.8, 4) is 0 Å². The number of hydrogen-bond acceptors (Lipinski definition) is 3. The van der Waals surface area contributed by atoms with E-state index in [0.717, 1.165) is 6.20 Å². The van der Waals surface area contributed by atoms with Crippen LogP contribution in [0.5, 0.6) is 0 Å². The van der Waals surface area contributed by atoms with Crippen molar-refractivity contribution in [3.63, 3.8) is 0 Å². The van der Waals surface area contributed by atoms with Crippen LogP contribution in [-0.2, 0) is 0 Å². The molecule has 0 atom stereocenters. The maximum atomic E-state index is 13.2. The highest BCUT2D eigenvalue weighted by Crippen LogP contribution is 2.14. The van der Waals surface area contributed by atoms with E-state index in [1.807, 2.05) is 0 Å². The summed E-state index contributed by atoms with van der Waals surface area (Å²) in [4.78, 5) is 15.3. The van der Waals surface area contributed by atoms with Crippen LogP contribution in [0, 0.1) is 5.82 Å². The summed E-state index contributed by atoms with van der Waals surface area (Å²) in [6.07, 6.45) is 2.45. The predicted molar refractivity (Wildman–Crippen MR) is 51.9 cm³/mol. The molecular weight excluding hydrogens is 201 g/mol. The van der Waals surface area contributed by atoms with E-state index < -0.39 is 5.82 Å². The summed E-state index contributed by atoms with van der Waals surface area (Å²) in [7, 11) is 0. The normalized spacial score (nSPS) is 10.1. The van der Waals surface area contributed by atoms with Gasteiger partial charge in [-0.25, -0.2) is 4.39 Å². The zero-order chi connectivity index (χ0) is 9.97. The Labute approximate surface area is 84.0 Å². The Bertz CT molecular complexity index is 453. The first-order valence-electron chi connectivity index (χ1n) is 3.95. The van der Waals surface area contributed by atoms with Gasteiger partial charge in [-0.15, -0.1) is 0 Å². The summed E-state index contributed by atoms with van der Waals surface area (Å²) in [5, 5.41) is 3.48. The molecule has 2 nitrogen and oxygen atoms in total. The fourth-order valence-electron chi connectivity index (χ4n) is 1.11. The fourth-order valence-corrected chi connectivity index (χ4v) is 1.74. The standard InChI is InChI=1S/C10H6FNOS/c11-9-5-12-3-1-8(9)10(13)7-2-4-14-6-7/h1-6H. The van der Waals surface area contributed by atoms with Crippen molar-refractivity contribution in [1.82, 2.24) is 4.98 Å². The van der Waals surface area contributed by atoms with E-state index in [2.05, 4.69) is 4.98 Å². The summed E-state index contributed by atoms with van der Waals surface area (Å²) < 4.78 is 13.2. The molecule has 70 valence electrons. The van der Waals surface area contributed by atoms with E-state index in [1.54, 1.807) is 16.8 Å². The molecule has 0 amide bonds. The first-order chi connectivity index (χ1) is 6.79. The second-order valence-electron chi connectivity index (χ2n) is 2.70. The lowest BCUT2D eigenvalue weighted by molar-refractivity contribution is 0.103. The number of carbonyl (C=O) groups excluding carboxylic acids is 1. The lowest BCUT2D eigenvalue weighted by atomic mass is 10.1. The molecule has 2 heterocycles. The van der Waals surface area contributed by atoms with Gasteiger partial charge in [0, 0.05) is 17.1 Å². The highest BCUT2D eigenvalue weighted by Gasteiger charge is 2.13.